The van der Waals surface area contributed by atoms with Crippen LogP contribution in [0.5, 0.6) is 0 Å². The fourth-order valence-corrected chi connectivity index (χ4v) is 12.4. The van der Waals surface area contributed by atoms with Gasteiger partial charge in [0.15, 0.2) is 0 Å². The van der Waals surface area contributed by atoms with Gasteiger partial charge >= 0.3 is 5.97 Å². The van der Waals surface area contributed by atoms with Crippen LogP contribution in [0.25, 0.3) is 0 Å². The summed E-state index contributed by atoms with van der Waals surface area (Å²) < 4.78 is 32.6. The number of benzene rings is 1. The summed E-state index contributed by atoms with van der Waals surface area (Å²) in [6.45, 7) is 8.71. The number of methoxy groups -OCH3 is 3. The molecule has 1 heterocycles. The molecule has 44 heavy (non-hydrogen) atoms. The van der Waals surface area contributed by atoms with E-state index in [1.54, 1.807) is 12.1 Å². The summed E-state index contributed by atoms with van der Waals surface area (Å²) in [7, 11) is 5.64. The number of hydrogen-bond donors (Lipinski definition) is 1. The fraction of sp³-hybridized carbons (Fsp3) is 0.771. The van der Waals surface area contributed by atoms with Gasteiger partial charge in [-0.1, -0.05) is 19.1 Å². The van der Waals surface area contributed by atoms with Gasteiger partial charge in [-0.25, -0.2) is 4.79 Å². The van der Waals surface area contributed by atoms with Crippen LogP contribution in [0.4, 0.5) is 5.69 Å². The number of nitrogens with zero attached hydrogens (tertiary/aromatic N) is 1. The van der Waals surface area contributed by atoms with Crippen molar-refractivity contribution in [1.82, 2.24) is 4.90 Å². The quantitative estimate of drug-likeness (QED) is 0.390. The Morgan fingerprint density at radius 1 is 1.05 bits per heavy atom. The molecule has 1 N–H and O–H groups in total. The predicted molar refractivity (Wildman–Crippen MR) is 164 cm³/mol. The third-order valence-corrected chi connectivity index (χ3v) is 13.3. The van der Waals surface area contributed by atoms with Crippen molar-refractivity contribution in [2.24, 2.45) is 40.4 Å². The van der Waals surface area contributed by atoms with E-state index in [9.17, 15) is 9.59 Å². The van der Waals surface area contributed by atoms with Gasteiger partial charge in [-0.2, -0.15) is 0 Å². The average Bonchev–Trinajstić information content (AvgIpc) is 3.48. The molecule has 7 rings (SSSR count). The summed E-state index contributed by atoms with van der Waals surface area (Å²) in [5.41, 5.74) is 0.285. The molecule has 1 aromatic rings. The van der Waals surface area contributed by atoms with Crippen molar-refractivity contribution in [1.29, 1.82) is 0 Å². The number of anilines is 1. The molecule has 1 aromatic carbocycles. The van der Waals surface area contributed by atoms with E-state index in [0.29, 0.717) is 54.2 Å². The first kappa shape index (κ1) is 30.6. The Kier molecular flexibility index (Phi) is 7.68. The molecular formula is C35H50N2O7. The number of hydrogen-bond acceptors (Lipinski definition) is 8. The van der Waals surface area contributed by atoms with Crippen LogP contribution in [-0.2, 0) is 28.5 Å². The van der Waals surface area contributed by atoms with Crippen molar-refractivity contribution < 1.29 is 33.3 Å². The van der Waals surface area contributed by atoms with Gasteiger partial charge in [0.1, 0.15) is 0 Å². The minimum atomic E-state index is -0.385. The summed E-state index contributed by atoms with van der Waals surface area (Å²) in [6, 6.07) is 7.45. The molecule has 242 valence electrons. The lowest BCUT2D eigenvalue weighted by atomic mass is 9.43. The van der Waals surface area contributed by atoms with Gasteiger partial charge in [-0.05, 0) is 63.1 Å². The number of amides is 1. The maximum absolute atomic E-state index is 13.7. The molecule has 0 aromatic heterocycles. The first-order valence-corrected chi connectivity index (χ1v) is 16.8. The van der Waals surface area contributed by atoms with Crippen LogP contribution in [0.15, 0.2) is 24.3 Å². The number of fused-ring (bicyclic) bond motifs is 2. The molecule has 0 radical (unpaired) electrons. The van der Waals surface area contributed by atoms with Gasteiger partial charge in [0, 0.05) is 82.5 Å². The van der Waals surface area contributed by atoms with Gasteiger partial charge in [0.05, 0.1) is 41.8 Å². The third-order valence-electron chi connectivity index (χ3n) is 13.3. The van der Waals surface area contributed by atoms with E-state index in [4.69, 9.17) is 23.7 Å². The largest absolute Gasteiger partial charge is 0.461 e. The highest BCUT2D eigenvalue weighted by atomic mass is 16.5. The minimum Gasteiger partial charge on any atom is -0.461 e. The van der Waals surface area contributed by atoms with Crippen LogP contribution in [0.1, 0.15) is 63.2 Å². The van der Waals surface area contributed by atoms with Crippen LogP contribution >= 0.6 is 0 Å². The van der Waals surface area contributed by atoms with Gasteiger partial charge in [-0.3, -0.25) is 9.69 Å². The molecule has 1 spiro atoms. The molecule has 1 saturated heterocycles. The highest BCUT2D eigenvalue weighted by Crippen LogP contribution is 2.79. The summed E-state index contributed by atoms with van der Waals surface area (Å²) in [5.74, 6) is 1.04. The normalized spacial score (nSPS) is 44.8. The van der Waals surface area contributed by atoms with Crippen molar-refractivity contribution in [3.63, 3.8) is 0 Å². The molecular weight excluding hydrogens is 560 g/mol. The zero-order chi connectivity index (χ0) is 31.0. The van der Waals surface area contributed by atoms with Crippen LogP contribution < -0.4 is 5.32 Å². The molecule has 7 bridgehead atoms. The Bertz CT molecular complexity index is 1290. The second kappa shape index (κ2) is 11.0. The number of ether oxygens (including phenoxy) is 5. The molecule has 9 nitrogen and oxygen atoms in total. The average molecular weight is 611 g/mol. The molecule has 9 heteroatoms. The van der Waals surface area contributed by atoms with Crippen LogP contribution in [0.3, 0.4) is 0 Å². The number of rotatable bonds is 10. The molecule has 6 fully saturated rings. The number of likely N-dealkylation sites (tertiary alicyclic amines) is 1. The number of piperidine rings is 1. The van der Waals surface area contributed by atoms with Crippen molar-refractivity contribution in [3.05, 3.63) is 29.8 Å². The van der Waals surface area contributed by atoms with Crippen LogP contribution in [0.2, 0.25) is 0 Å². The lowest BCUT2D eigenvalue weighted by molar-refractivity contribution is -0.286. The highest BCUT2D eigenvalue weighted by Gasteiger charge is 2.84. The van der Waals surface area contributed by atoms with Crippen molar-refractivity contribution >= 4 is 17.6 Å². The van der Waals surface area contributed by atoms with E-state index in [2.05, 4.69) is 24.1 Å². The molecule has 12 atom stereocenters. The number of carbonyl (C=O) groups excluding carboxylic acids is 2. The number of nitrogens with one attached hydrogen (secondary N) is 1. The summed E-state index contributed by atoms with van der Waals surface area (Å²) in [4.78, 5) is 28.2. The standard InChI is InChI=1S/C35H50N2O7/c1-7-37-18-33(19-43-32(39)21-11-9-10-12-25(21)36-20(3)38)14-13-28(41-5)35-23-15-22-26(40-4)17-34(44-8-2,29(23)30(22)42-6)24(31(35)37)16-27(33)35/h9-12,22-24,26-31H,7-8,13-19H2,1-6H3,(H,36,38). The fourth-order valence-electron chi connectivity index (χ4n) is 12.4. The third kappa shape index (κ3) is 3.88. The van der Waals surface area contributed by atoms with E-state index in [1.807, 2.05) is 33.5 Å². The first-order chi connectivity index (χ1) is 21.3. The maximum Gasteiger partial charge on any atom is 0.340 e. The SMILES string of the molecule is CCOC12CC(OC)C3CC(C1C3OC)C13C(OC)CCC4(COC(=O)c5ccccc5NC(C)=O)CN(CC)C1C2CC43. The van der Waals surface area contributed by atoms with Gasteiger partial charge in [0.25, 0.3) is 0 Å². The second-order valence-corrected chi connectivity index (χ2v) is 14.4. The summed E-state index contributed by atoms with van der Waals surface area (Å²) in [6.07, 6.45) is 5.22. The van der Waals surface area contributed by atoms with Gasteiger partial charge in [-0.15, -0.1) is 0 Å². The van der Waals surface area contributed by atoms with Crippen molar-refractivity contribution in [2.75, 3.05) is 52.9 Å². The Morgan fingerprint density at radius 3 is 2.52 bits per heavy atom. The van der Waals surface area contributed by atoms with Gasteiger partial charge in [0.2, 0.25) is 5.91 Å². The monoisotopic (exact) mass is 610 g/mol. The van der Waals surface area contributed by atoms with E-state index in [1.165, 1.54) is 6.92 Å². The topological polar surface area (TPSA) is 95.6 Å². The minimum absolute atomic E-state index is 0.0775. The zero-order valence-electron chi connectivity index (χ0n) is 27.2. The maximum atomic E-state index is 13.7. The summed E-state index contributed by atoms with van der Waals surface area (Å²) >= 11 is 0. The smallest absolute Gasteiger partial charge is 0.340 e. The molecule has 1 amide bonds. The van der Waals surface area contributed by atoms with E-state index in [-0.39, 0.29) is 52.5 Å². The predicted octanol–water partition coefficient (Wildman–Crippen LogP) is 4.40. The Labute approximate surface area is 261 Å². The Morgan fingerprint density at radius 2 is 1.84 bits per heavy atom. The van der Waals surface area contributed by atoms with E-state index >= 15 is 0 Å². The molecule has 6 aliphatic rings. The van der Waals surface area contributed by atoms with Crippen LogP contribution in [-0.4, -0.2) is 94.4 Å². The zero-order valence-corrected chi connectivity index (χ0v) is 27.2. The lowest BCUT2D eigenvalue weighted by Crippen LogP contribution is -2.76. The number of esters is 1. The van der Waals surface area contributed by atoms with E-state index < -0.39 is 0 Å². The van der Waals surface area contributed by atoms with E-state index in [0.717, 1.165) is 45.2 Å². The Balaban J connectivity index is 1.31. The Hall–Kier alpha value is -2.04. The first-order valence-electron chi connectivity index (χ1n) is 16.8. The highest BCUT2D eigenvalue weighted by molar-refractivity contribution is 6.00. The van der Waals surface area contributed by atoms with Crippen molar-refractivity contribution in [2.45, 2.75) is 82.8 Å². The number of carbonyl (C=O) groups is 2. The lowest BCUT2D eigenvalue weighted by Gasteiger charge is -2.70. The molecule has 5 saturated carbocycles. The van der Waals surface area contributed by atoms with Gasteiger partial charge < -0.3 is 29.0 Å². The second-order valence-electron chi connectivity index (χ2n) is 14.4. The number of para-hydroxylation sites is 1. The molecule has 12 unspecified atom stereocenters. The van der Waals surface area contributed by atoms with Crippen LogP contribution in [0, 0.1) is 40.4 Å². The molecule has 5 aliphatic carbocycles. The molecule has 1 aliphatic heterocycles. The summed E-state index contributed by atoms with van der Waals surface area (Å²) in [5, 5.41) is 2.79. The van der Waals surface area contributed by atoms with Crippen molar-refractivity contribution in [3.8, 4) is 0 Å².